The maximum atomic E-state index is 13.4. The number of nitriles is 1. The first-order chi connectivity index (χ1) is 18.5. The van der Waals surface area contributed by atoms with Crippen LogP contribution in [0.25, 0.3) is 6.08 Å². The van der Waals surface area contributed by atoms with Crippen molar-refractivity contribution < 1.29 is 40.6 Å². The van der Waals surface area contributed by atoms with Crippen molar-refractivity contribution >= 4 is 28.5 Å². The van der Waals surface area contributed by atoms with Gasteiger partial charge in [-0.3, -0.25) is 10.1 Å². The van der Waals surface area contributed by atoms with Crippen LogP contribution in [0, 0.1) is 11.3 Å². The predicted octanol–water partition coefficient (Wildman–Crippen LogP) is 7.01. The molecular weight excluding hydrogens is 562 g/mol. The van der Waals surface area contributed by atoms with Crippen molar-refractivity contribution in [2.75, 3.05) is 12.4 Å². The maximum absolute atomic E-state index is 13.4. The number of nitrogens with one attached hydrogen (secondary N) is 1. The lowest BCUT2D eigenvalue weighted by Crippen LogP contribution is -2.14. The topological polar surface area (TPSA) is 97.1 Å². The van der Waals surface area contributed by atoms with E-state index in [1.54, 1.807) is 6.07 Å². The Kier molecular flexibility index (Phi) is 8.78. The number of methoxy groups -OCH3 is 1. The second kappa shape index (κ2) is 11.5. The van der Waals surface area contributed by atoms with Crippen LogP contribution in [0.15, 0.2) is 42.0 Å². The normalized spacial score (nSPS) is 12.6. The number of carbonyl (C=O) groups is 1. The van der Waals surface area contributed by atoms with Crippen LogP contribution in [0.5, 0.6) is 11.5 Å². The molecule has 7 nitrogen and oxygen atoms in total. The molecule has 0 saturated heterocycles. The van der Waals surface area contributed by atoms with E-state index < -0.39 is 41.6 Å². The second-order valence-electron chi connectivity index (χ2n) is 9.35. The Labute approximate surface area is 229 Å². The summed E-state index contributed by atoms with van der Waals surface area (Å²) in [6.07, 6.45) is -8.74. The molecule has 1 aromatic heterocycles. The van der Waals surface area contributed by atoms with Crippen molar-refractivity contribution in [3.05, 3.63) is 69.2 Å². The van der Waals surface area contributed by atoms with Crippen LogP contribution >= 0.6 is 11.3 Å². The molecule has 212 valence electrons. The molecule has 0 fully saturated rings. The van der Waals surface area contributed by atoms with Crippen LogP contribution in [0.4, 0.5) is 31.5 Å². The highest BCUT2D eigenvalue weighted by atomic mass is 32.1. The number of alkyl halides is 6. The fraction of sp³-hybridized carbons (Fsp3) is 0.308. The van der Waals surface area contributed by atoms with E-state index in [2.05, 4.69) is 15.5 Å². The number of hydrogen-bond acceptors (Lipinski definition) is 7. The molecule has 0 atom stereocenters. The Hall–Kier alpha value is -4.12. The van der Waals surface area contributed by atoms with Gasteiger partial charge in [-0.15, -0.1) is 10.2 Å². The molecule has 0 aliphatic rings. The van der Waals surface area contributed by atoms with Crippen LogP contribution in [-0.2, 0) is 29.2 Å². The van der Waals surface area contributed by atoms with Gasteiger partial charge in [-0.2, -0.15) is 31.6 Å². The highest BCUT2D eigenvalue weighted by Gasteiger charge is 2.38. The Morgan fingerprint density at radius 1 is 1.02 bits per heavy atom. The van der Waals surface area contributed by atoms with Gasteiger partial charge in [0.1, 0.15) is 23.3 Å². The molecule has 2 aromatic carbocycles. The molecule has 0 spiro atoms. The van der Waals surface area contributed by atoms with Crippen molar-refractivity contribution in [1.29, 1.82) is 5.26 Å². The Balaban J connectivity index is 1.80. The number of benzene rings is 2. The van der Waals surface area contributed by atoms with Gasteiger partial charge >= 0.3 is 12.4 Å². The molecular formula is C26H22F6N4O3S. The Bertz CT molecular complexity index is 1470. The van der Waals surface area contributed by atoms with Gasteiger partial charge in [0.25, 0.3) is 5.91 Å². The number of amides is 1. The van der Waals surface area contributed by atoms with Crippen LogP contribution in [0.1, 0.15) is 48.0 Å². The summed E-state index contributed by atoms with van der Waals surface area (Å²) in [7, 11) is 1.26. The third-order valence-corrected chi connectivity index (χ3v) is 6.54. The first-order valence-electron chi connectivity index (χ1n) is 11.4. The lowest BCUT2D eigenvalue weighted by Gasteiger charge is -2.17. The Morgan fingerprint density at radius 3 is 2.27 bits per heavy atom. The fourth-order valence-electron chi connectivity index (χ4n) is 3.25. The molecule has 40 heavy (non-hydrogen) atoms. The first-order valence-corrected chi connectivity index (χ1v) is 12.2. The minimum absolute atomic E-state index is 0.0146. The second-order valence-corrected chi connectivity index (χ2v) is 10.3. The van der Waals surface area contributed by atoms with Crippen LogP contribution < -0.4 is 14.8 Å². The summed E-state index contributed by atoms with van der Waals surface area (Å²) in [5, 5.41) is 20.8. The SMILES string of the molecule is COc1cc(/C=C(\C#N)C(=O)Nc2nnc(C(C)(C)C)s2)ccc1OCc1ccc(C(F)(F)F)cc1C(F)(F)F. The molecule has 1 amide bonds. The van der Waals surface area contributed by atoms with Gasteiger partial charge in [-0.1, -0.05) is 44.2 Å². The number of rotatable bonds is 7. The van der Waals surface area contributed by atoms with Crippen molar-refractivity contribution in [2.45, 2.75) is 45.1 Å². The highest BCUT2D eigenvalue weighted by molar-refractivity contribution is 7.15. The summed E-state index contributed by atoms with van der Waals surface area (Å²) in [5.74, 6) is -0.703. The zero-order valence-electron chi connectivity index (χ0n) is 21.5. The molecule has 0 radical (unpaired) electrons. The summed E-state index contributed by atoms with van der Waals surface area (Å²) >= 11 is 1.16. The van der Waals surface area contributed by atoms with E-state index in [0.717, 1.165) is 11.3 Å². The Morgan fingerprint density at radius 2 is 1.73 bits per heavy atom. The van der Waals surface area contributed by atoms with Gasteiger partial charge in [0.2, 0.25) is 5.13 Å². The molecule has 0 aliphatic carbocycles. The molecule has 1 heterocycles. The fourth-order valence-corrected chi connectivity index (χ4v) is 4.04. The summed E-state index contributed by atoms with van der Waals surface area (Å²) in [6, 6.07) is 7.19. The molecule has 0 aliphatic heterocycles. The lowest BCUT2D eigenvalue weighted by atomic mass is 9.98. The van der Waals surface area contributed by atoms with Gasteiger partial charge in [-0.25, -0.2) is 0 Å². The minimum atomic E-state index is -5.05. The molecule has 0 bridgehead atoms. The average Bonchev–Trinajstić information content (AvgIpc) is 3.34. The van der Waals surface area contributed by atoms with Crippen LogP contribution in [0.3, 0.4) is 0 Å². The largest absolute Gasteiger partial charge is 0.493 e. The van der Waals surface area contributed by atoms with Gasteiger partial charge in [0.15, 0.2) is 11.5 Å². The van der Waals surface area contributed by atoms with E-state index in [9.17, 15) is 36.4 Å². The van der Waals surface area contributed by atoms with Gasteiger partial charge < -0.3 is 9.47 Å². The molecule has 0 saturated carbocycles. The molecule has 3 rings (SSSR count). The average molecular weight is 585 g/mol. The first kappa shape index (κ1) is 30.4. The zero-order valence-corrected chi connectivity index (χ0v) is 22.3. The smallest absolute Gasteiger partial charge is 0.416 e. The number of ether oxygens (including phenoxy) is 2. The third kappa shape index (κ3) is 7.50. The number of hydrogen-bond donors (Lipinski definition) is 1. The van der Waals surface area contributed by atoms with E-state index in [4.69, 9.17) is 9.47 Å². The summed E-state index contributed by atoms with van der Waals surface area (Å²) < 4.78 is 89.7. The molecule has 14 heteroatoms. The summed E-state index contributed by atoms with van der Waals surface area (Å²) in [6.45, 7) is 5.08. The van der Waals surface area contributed by atoms with E-state index in [0.29, 0.717) is 22.7 Å². The van der Waals surface area contributed by atoms with Crippen molar-refractivity contribution in [1.82, 2.24) is 10.2 Å². The maximum Gasteiger partial charge on any atom is 0.416 e. The van der Waals surface area contributed by atoms with Crippen molar-refractivity contribution in [2.24, 2.45) is 0 Å². The van der Waals surface area contributed by atoms with E-state index >= 15 is 0 Å². The van der Waals surface area contributed by atoms with Crippen molar-refractivity contribution in [3.8, 4) is 17.6 Å². The summed E-state index contributed by atoms with van der Waals surface area (Å²) in [4.78, 5) is 12.6. The summed E-state index contributed by atoms with van der Waals surface area (Å²) in [5.41, 5.74) is -3.65. The standard InChI is InChI=1S/C26H22F6N4O3S/c1-24(2,3)22-35-36-23(40-22)34-21(37)16(12-33)9-14-5-8-19(20(10-14)38-4)39-13-15-6-7-17(25(27,28)29)11-18(15)26(30,31)32/h5-11H,13H2,1-4H3,(H,34,36,37)/b16-9+. The number of nitrogens with zero attached hydrogens (tertiary/aromatic N) is 3. The number of carbonyl (C=O) groups excluding carboxylic acids is 1. The minimum Gasteiger partial charge on any atom is -0.493 e. The van der Waals surface area contributed by atoms with Gasteiger partial charge in [0, 0.05) is 11.0 Å². The van der Waals surface area contributed by atoms with E-state index in [-0.39, 0.29) is 33.7 Å². The van der Waals surface area contributed by atoms with E-state index in [1.807, 2.05) is 20.8 Å². The molecule has 3 aromatic rings. The van der Waals surface area contributed by atoms with Gasteiger partial charge in [-0.05, 0) is 35.9 Å². The number of anilines is 1. The van der Waals surface area contributed by atoms with Crippen LogP contribution in [-0.4, -0.2) is 23.2 Å². The highest BCUT2D eigenvalue weighted by Crippen LogP contribution is 2.38. The molecule has 0 unspecified atom stereocenters. The predicted molar refractivity (Wildman–Crippen MR) is 135 cm³/mol. The quantitative estimate of drug-likeness (QED) is 0.182. The zero-order chi connectivity index (χ0) is 29.9. The number of halogens is 6. The third-order valence-electron chi connectivity index (χ3n) is 5.28. The van der Waals surface area contributed by atoms with Crippen molar-refractivity contribution in [3.63, 3.8) is 0 Å². The van der Waals surface area contributed by atoms with Crippen LogP contribution in [0.2, 0.25) is 0 Å². The molecule has 1 N–H and O–H groups in total. The van der Waals surface area contributed by atoms with Gasteiger partial charge in [0.05, 0.1) is 18.2 Å². The monoisotopic (exact) mass is 584 g/mol. The lowest BCUT2D eigenvalue weighted by molar-refractivity contribution is -0.143. The number of aromatic nitrogens is 2. The van der Waals surface area contributed by atoms with E-state index in [1.165, 1.54) is 31.4 Å².